The fourth-order valence-corrected chi connectivity index (χ4v) is 2.33. The van der Waals surface area contributed by atoms with E-state index >= 15 is 0 Å². The smallest absolute Gasteiger partial charge is 0.226 e. The number of fused-ring (bicyclic) bond motifs is 1. The molecule has 3 nitrogen and oxygen atoms in total. The van der Waals surface area contributed by atoms with Gasteiger partial charge in [-0.2, -0.15) is 0 Å². The van der Waals surface area contributed by atoms with Crippen LogP contribution in [0.25, 0.3) is 0 Å². The van der Waals surface area contributed by atoms with E-state index in [0.717, 1.165) is 17.9 Å². The van der Waals surface area contributed by atoms with E-state index in [1.54, 1.807) is 0 Å². The number of nitrogens with one attached hydrogen (secondary N) is 1. The summed E-state index contributed by atoms with van der Waals surface area (Å²) in [5.41, 5.74) is 3.32. The van der Waals surface area contributed by atoms with Crippen molar-refractivity contribution in [2.75, 3.05) is 16.8 Å². The van der Waals surface area contributed by atoms with Gasteiger partial charge in [0.2, 0.25) is 5.91 Å². The molecule has 1 heterocycles. The van der Waals surface area contributed by atoms with Crippen LogP contribution in [0.5, 0.6) is 0 Å². The minimum atomic E-state index is 0.0210. The molecule has 92 valence electrons. The van der Waals surface area contributed by atoms with Crippen molar-refractivity contribution in [2.24, 2.45) is 0 Å². The van der Waals surface area contributed by atoms with Crippen molar-refractivity contribution in [3.05, 3.63) is 23.8 Å². The fourth-order valence-electron chi connectivity index (χ4n) is 2.33. The Bertz CT molecular complexity index is 446. The summed E-state index contributed by atoms with van der Waals surface area (Å²) in [5, 5.41) is 2.98. The van der Waals surface area contributed by atoms with Crippen molar-refractivity contribution in [2.45, 2.75) is 39.7 Å². The summed E-state index contributed by atoms with van der Waals surface area (Å²) in [7, 11) is 0. The predicted molar refractivity (Wildman–Crippen MR) is 71.5 cm³/mol. The van der Waals surface area contributed by atoms with Gasteiger partial charge in [0, 0.05) is 18.5 Å². The van der Waals surface area contributed by atoms with Crippen LogP contribution >= 0.6 is 0 Å². The lowest BCUT2D eigenvalue weighted by atomic mass is 10.0. The third-order valence-corrected chi connectivity index (χ3v) is 3.15. The molecule has 1 amide bonds. The molecule has 1 aliphatic rings. The zero-order valence-electron chi connectivity index (χ0n) is 11.0. The van der Waals surface area contributed by atoms with Crippen LogP contribution in [-0.2, 0) is 4.79 Å². The number of benzene rings is 1. The Balaban J connectivity index is 2.56. The summed E-state index contributed by atoms with van der Waals surface area (Å²) in [6.45, 7) is 9.40. The highest BCUT2D eigenvalue weighted by atomic mass is 16.1. The molecule has 0 unspecified atom stereocenters. The summed E-state index contributed by atoms with van der Waals surface area (Å²) in [5.74, 6) is 0.101. The van der Waals surface area contributed by atoms with E-state index in [1.165, 1.54) is 5.56 Å². The van der Waals surface area contributed by atoms with Crippen molar-refractivity contribution in [1.29, 1.82) is 0 Å². The zero-order chi connectivity index (χ0) is 12.6. The van der Waals surface area contributed by atoms with Gasteiger partial charge in [-0.1, -0.05) is 12.1 Å². The van der Waals surface area contributed by atoms with Crippen molar-refractivity contribution >= 4 is 17.3 Å². The Morgan fingerprint density at radius 3 is 2.65 bits per heavy atom. The molecule has 1 N–H and O–H groups in total. The highest BCUT2D eigenvalue weighted by Gasteiger charge is 2.28. The SMILES string of the molecule is Cc1cccc2c1N(C(C)(C)C)CCC(=O)N2. The van der Waals surface area contributed by atoms with Crippen LogP contribution in [0.2, 0.25) is 0 Å². The fraction of sp³-hybridized carbons (Fsp3) is 0.500. The molecule has 0 aromatic heterocycles. The molecule has 1 aromatic carbocycles. The lowest BCUT2D eigenvalue weighted by molar-refractivity contribution is -0.116. The van der Waals surface area contributed by atoms with Crippen LogP contribution in [-0.4, -0.2) is 18.0 Å². The number of hydrogen-bond donors (Lipinski definition) is 1. The molecule has 17 heavy (non-hydrogen) atoms. The first-order valence-electron chi connectivity index (χ1n) is 6.07. The molecule has 0 fully saturated rings. The Hall–Kier alpha value is -1.51. The van der Waals surface area contributed by atoms with Crippen molar-refractivity contribution < 1.29 is 4.79 Å². The Morgan fingerprint density at radius 1 is 1.29 bits per heavy atom. The standard InChI is InChI=1S/C14H20N2O/c1-10-6-5-7-11-13(10)16(14(2,3)4)9-8-12(17)15-11/h5-7H,8-9H2,1-4H3,(H,15,17). The minimum absolute atomic E-state index is 0.0210. The molecule has 0 aliphatic carbocycles. The molecule has 0 saturated carbocycles. The van der Waals surface area contributed by atoms with E-state index in [2.05, 4.69) is 44.0 Å². The van der Waals surface area contributed by atoms with Crippen LogP contribution in [0, 0.1) is 6.92 Å². The molecule has 3 heteroatoms. The number of carbonyl (C=O) groups excluding carboxylic acids is 1. The maximum absolute atomic E-state index is 11.7. The van der Waals surface area contributed by atoms with E-state index in [9.17, 15) is 4.79 Å². The quantitative estimate of drug-likeness (QED) is 0.746. The van der Waals surface area contributed by atoms with E-state index in [-0.39, 0.29) is 11.4 Å². The lowest BCUT2D eigenvalue weighted by Crippen LogP contribution is -2.42. The Kier molecular flexibility index (Phi) is 2.86. The zero-order valence-corrected chi connectivity index (χ0v) is 11.0. The number of rotatable bonds is 0. The topological polar surface area (TPSA) is 32.3 Å². The first kappa shape index (κ1) is 12.0. The van der Waals surface area contributed by atoms with Gasteiger partial charge in [0.25, 0.3) is 0 Å². The van der Waals surface area contributed by atoms with Gasteiger partial charge in [-0.25, -0.2) is 0 Å². The minimum Gasteiger partial charge on any atom is -0.364 e. The van der Waals surface area contributed by atoms with E-state index in [0.29, 0.717) is 6.42 Å². The second kappa shape index (κ2) is 4.06. The average molecular weight is 232 g/mol. The highest BCUT2D eigenvalue weighted by molar-refractivity contribution is 5.97. The van der Waals surface area contributed by atoms with Crippen LogP contribution in [0.4, 0.5) is 11.4 Å². The number of para-hydroxylation sites is 1. The normalized spacial score (nSPS) is 16.2. The highest BCUT2D eigenvalue weighted by Crippen LogP contribution is 2.36. The average Bonchev–Trinajstić information content (AvgIpc) is 2.36. The predicted octanol–water partition coefficient (Wildman–Crippen LogP) is 2.94. The third kappa shape index (κ3) is 2.28. The number of carbonyl (C=O) groups is 1. The molecular weight excluding hydrogens is 212 g/mol. The van der Waals surface area contributed by atoms with Gasteiger partial charge in [0.1, 0.15) is 0 Å². The Morgan fingerprint density at radius 2 is 2.00 bits per heavy atom. The number of anilines is 2. The van der Waals surface area contributed by atoms with Gasteiger partial charge in [-0.05, 0) is 39.3 Å². The van der Waals surface area contributed by atoms with Crippen LogP contribution < -0.4 is 10.2 Å². The van der Waals surface area contributed by atoms with E-state index in [1.807, 2.05) is 12.1 Å². The largest absolute Gasteiger partial charge is 0.364 e. The summed E-state index contributed by atoms with van der Waals surface area (Å²) < 4.78 is 0. The molecular formula is C14H20N2O. The molecule has 1 aromatic rings. The van der Waals surface area contributed by atoms with Crippen molar-refractivity contribution in [3.8, 4) is 0 Å². The Labute approximate surface area is 103 Å². The molecule has 0 atom stereocenters. The monoisotopic (exact) mass is 232 g/mol. The maximum atomic E-state index is 11.7. The maximum Gasteiger partial charge on any atom is 0.226 e. The third-order valence-electron chi connectivity index (χ3n) is 3.15. The number of aryl methyl sites for hydroxylation is 1. The van der Waals surface area contributed by atoms with E-state index in [4.69, 9.17) is 0 Å². The van der Waals surface area contributed by atoms with Gasteiger partial charge in [0.05, 0.1) is 11.4 Å². The second-order valence-corrected chi connectivity index (χ2v) is 5.59. The second-order valence-electron chi connectivity index (χ2n) is 5.59. The number of hydrogen-bond acceptors (Lipinski definition) is 2. The number of amides is 1. The van der Waals surface area contributed by atoms with Crippen LogP contribution in [0.15, 0.2) is 18.2 Å². The summed E-state index contributed by atoms with van der Waals surface area (Å²) >= 11 is 0. The van der Waals surface area contributed by atoms with Crippen LogP contribution in [0.3, 0.4) is 0 Å². The molecule has 1 aliphatic heterocycles. The van der Waals surface area contributed by atoms with Crippen molar-refractivity contribution in [1.82, 2.24) is 0 Å². The van der Waals surface area contributed by atoms with Gasteiger partial charge in [-0.3, -0.25) is 4.79 Å². The molecule has 0 bridgehead atoms. The van der Waals surface area contributed by atoms with Crippen molar-refractivity contribution in [3.63, 3.8) is 0 Å². The van der Waals surface area contributed by atoms with Crippen LogP contribution in [0.1, 0.15) is 32.8 Å². The summed E-state index contributed by atoms with van der Waals surface area (Å²) in [4.78, 5) is 14.0. The molecule has 0 saturated heterocycles. The van der Waals surface area contributed by atoms with E-state index < -0.39 is 0 Å². The van der Waals surface area contributed by atoms with Gasteiger partial charge in [-0.15, -0.1) is 0 Å². The van der Waals surface area contributed by atoms with Gasteiger partial charge < -0.3 is 10.2 Å². The van der Waals surface area contributed by atoms with Gasteiger partial charge >= 0.3 is 0 Å². The molecule has 0 spiro atoms. The first-order chi connectivity index (χ1) is 7.89. The summed E-state index contributed by atoms with van der Waals surface area (Å²) in [6.07, 6.45) is 0.547. The lowest BCUT2D eigenvalue weighted by Gasteiger charge is -2.38. The number of nitrogens with zero attached hydrogens (tertiary/aromatic N) is 1. The first-order valence-corrected chi connectivity index (χ1v) is 6.07. The molecule has 0 radical (unpaired) electrons. The molecule has 2 rings (SSSR count). The van der Waals surface area contributed by atoms with Gasteiger partial charge in [0.15, 0.2) is 0 Å². The summed E-state index contributed by atoms with van der Waals surface area (Å²) in [6, 6.07) is 6.06.